The molecule has 1 atom stereocenters. The number of para-hydroxylation sites is 1. The van der Waals surface area contributed by atoms with Crippen LogP contribution in [0.2, 0.25) is 0 Å². The van der Waals surface area contributed by atoms with Crippen molar-refractivity contribution in [3.63, 3.8) is 0 Å². The maximum atomic E-state index is 13.3. The van der Waals surface area contributed by atoms with Gasteiger partial charge in [0, 0.05) is 56.1 Å². The molecule has 0 bridgehead atoms. The highest BCUT2D eigenvalue weighted by molar-refractivity contribution is 6.08. The van der Waals surface area contributed by atoms with Crippen molar-refractivity contribution in [3.05, 3.63) is 89.0 Å². The lowest BCUT2D eigenvalue weighted by molar-refractivity contribution is -0.120. The number of nitriles is 1. The van der Waals surface area contributed by atoms with Crippen molar-refractivity contribution in [3.8, 4) is 6.07 Å². The summed E-state index contributed by atoms with van der Waals surface area (Å²) in [6, 6.07) is 24.0. The first kappa shape index (κ1) is 26.5. The number of nitrogens with zero attached hydrogens (tertiary/aromatic N) is 4. The Morgan fingerprint density at radius 3 is 2.31 bits per heavy atom. The number of carbonyl (C=O) groups excluding carboxylic acids is 2. The maximum absolute atomic E-state index is 13.3. The third kappa shape index (κ3) is 5.00. The molecule has 3 aromatic rings. The van der Waals surface area contributed by atoms with E-state index in [4.69, 9.17) is 0 Å². The number of nitrogens with one attached hydrogen (secondary N) is 1. The molecule has 1 fully saturated rings. The molecule has 0 spiro atoms. The summed E-state index contributed by atoms with van der Waals surface area (Å²) >= 11 is 0. The number of hydrogen-bond donors (Lipinski definition) is 1. The van der Waals surface area contributed by atoms with Crippen LogP contribution in [0.5, 0.6) is 0 Å². The first-order chi connectivity index (χ1) is 19.0. The Morgan fingerprint density at radius 2 is 1.62 bits per heavy atom. The van der Waals surface area contributed by atoms with Crippen molar-refractivity contribution in [2.24, 2.45) is 5.92 Å². The van der Waals surface area contributed by atoms with E-state index in [1.807, 2.05) is 69.4 Å². The minimum atomic E-state index is -0.0356. The number of rotatable bonds is 6. The van der Waals surface area contributed by atoms with Gasteiger partial charge in [0.1, 0.15) is 6.07 Å². The van der Waals surface area contributed by atoms with Crippen LogP contribution in [0.25, 0.3) is 0 Å². The van der Waals surface area contributed by atoms with E-state index in [9.17, 15) is 14.9 Å². The van der Waals surface area contributed by atoms with Crippen molar-refractivity contribution in [1.82, 2.24) is 4.90 Å². The van der Waals surface area contributed by atoms with Crippen LogP contribution >= 0.6 is 0 Å². The molecule has 0 aliphatic carbocycles. The average molecular weight is 522 g/mol. The lowest BCUT2D eigenvalue weighted by Gasteiger charge is -2.41. The standard InChI is InChI=1S/C32H35N5O2/c1-4-22(5-2)31(38)34-24-14-15-28(23(20-24)21-33)36-16-18-37(19-17-36)30-25-10-6-7-11-26(25)32(39)35(3)29-13-9-8-12-27(29)30/h6-15,20,22,30H,4-5,16-19H2,1-3H3,(H,34,38). The topological polar surface area (TPSA) is 79.7 Å². The van der Waals surface area contributed by atoms with Gasteiger partial charge in [-0.05, 0) is 54.3 Å². The molecule has 2 aliphatic rings. The third-order valence-electron chi connectivity index (χ3n) is 8.14. The minimum Gasteiger partial charge on any atom is -0.368 e. The van der Waals surface area contributed by atoms with Crippen molar-refractivity contribution in [2.75, 3.05) is 48.3 Å². The molecule has 7 nitrogen and oxygen atoms in total. The Kier molecular flexibility index (Phi) is 7.67. The van der Waals surface area contributed by atoms with Crippen molar-refractivity contribution in [2.45, 2.75) is 32.7 Å². The first-order valence-corrected chi connectivity index (χ1v) is 13.8. The second kappa shape index (κ2) is 11.3. The van der Waals surface area contributed by atoms with Gasteiger partial charge in [0.05, 0.1) is 17.3 Å². The zero-order valence-electron chi connectivity index (χ0n) is 22.9. The number of amides is 2. The van der Waals surface area contributed by atoms with Crippen LogP contribution in [-0.2, 0) is 4.79 Å². The quantitative estimate of drug-likeness (QED) is 0.468. The Hall–Kier alpha value is -4.15. The summed E-state index contributed by atoms with van der Waals surface area (Å²) in [4.78, 5) is 32.3. The number of hydrogen-bond acceptors (Lipinski definition) is 5. The Morgan fingerprint density at radius 1 is 0.949 bits per heavy atom. The molecule has 0 radical (unpaired) electrons. The Labute approximate surface area is 230 Å². The van der Waals surface area contributed by atoms with Crippen LogP contribution in [0.4, 0.5) is 17.1 Å². The molecule has 1 unspecified atom stereocenters. The van der Waals surface area contributed by atoms with E-state index < -0.39 is 0 Å². The summed E-state index contributed by atoms with van der Waals surface area (Å²) in [7, 11) is 1.85. The van der Waals surface area contributed by atoms with Crippen LogP contribution in [-0.4, -0.2) is 49.9 Å². The third-order valence-corrected chi connectivity index (χ3v) is 8.14. The van der Waals surface area contributed by atoms with E-state index in [0.717, 1.165) is 67.1 Å². The number of fused-ring (bicyclic) bond motifs is 2. The summed E-state index contributed by atoms with van der Waals surface area (Å²) in [5.74, 6) is -0.0230. The fourth-order valence-electron chi connectivity index (χ4n) is 5.91. The van der Waals surface area contributed by atoms with Crippen molar-refractivity contribution in [1.29, 1.82) is 5.26 Å². The molecule has 2 amide bonds. The highest BCUT2D eigenvalue weighted by atomic mass is 16.2. The Bertz CT molecular complexity index is 1420. The Balaban J connectivity index is 1.38. The van der Waals surface area contributed by atoms with E-state index in [1.54, 1.807) is 11.0 Å². The molecule has 2 aliphatic heterocycles. The first-order valence-electron chi connectivity index (χ1n) is 13.8. The molecule has 7 heteroatoms. The van der Waals surface area contributed by atoms with E-state index in [-0.39, 0.29) is 23.8 Å². The SMILES string of the molecule is CCC(CC)C(=O)Nc1ccc(N2CCN(C3c4ccccc4C(=O)N(C)c4ccccc43)CC2)c(C#N)c1. The molecule has 0 aromatic heterocycles. The van der Waals surface area contributed by atoms with Gasteiger partial charge in [0.2, 0.25) is 5.91 Å². The zero-order valence-corrected chi connectivity index (χ0v) is 22.9. The lowest BCUT2D eigenvalue weighted by atomic mass is 9.93. The summed E-state index contributed by atoms with van der Waals surface area (Å²) in [5.41, 5.74) is 5.93. The van der Waals surface area contributed by atoms with Gasteiger partial charge in [-0.25, -0.2) is 0 Å². The van der Waals surface area contributed by atoms with Crippen LogP contribution in [0.3, 0.4) is 0 Å². The predicted molar refractivity (Wildman–Crippen MR) is 155 cm³/mol. The minimum absolute atomic E-state index is 0.00153. The molecule has 5 rings (SSSR count). The largest absolute Gasteiger partial charge is 0.368 e. The molecule has 200 valence electrons. The van der Waals surface area contributed by atoms with E-state index in [0.29, 0.717) is 11.3 Å². The van der Waals surface area contributed by atoms with Crippen LogP contribution < -0.4 is 15.1 Å². The average Bonchev–Trinajstić information content (AvgIpc) is 3.06. The van der Waals surface area contributed by atoms with Gasteiger partial charge in [0.15, 0.2) is 0 Å². The summed E-state index contributed by atoms with van der Waals surface area (Å²) in [5, 5.41) is 12.9. The molecule has 1 saturated heterocycles. The fourth-order valence-corrected chi connectivity index (χ4v) is 5.91. The number of anilines is 3. The van der Waals surface area contributed by atoms with Gasteiger partial charge in [0.25, 0.3) is 5.91 Å². The molecule has 3 aromatic carbocycles. The van der Waals surface area contributed by atoms with Crippen molar-refractivity contribution < 1.29 is 9.59 Å². The monoisotopic (exact) mass is 521 g/mol. The van der Waals surface area contributed by atoms with Gasteiger partial charge in [-0.3, -0.25) is 14.5 Å². The predicted octanol–water partition coefficient (Wildman–Crippen LogP) is 5.43. The van der Waals surface area contributed by atoms with Gasteiger partial charge in [-0.1, -0.05) is 50.2 Å². The van der Waals surface area contributed by atoms with Gasteiger partial charge < -0.3 is 15.1 Å². The fraction of sp³-hybridized carbons (Fsp3) is 0.344. The number of benzene rings is 3. The van der Waals surface area contributed by atoms with Gasteiger partial charge in [-0.2, -0.15) is 5.26 Å². The molecular formula is C32H35N5O2. The van der Waals surface area contributed by atoms with Gasteiger partial charge >= 0.3 is 0 Å². The normalized spacial score (nSPS) is 17.3. The maximum Gasteiger partial charge on any atom is 0.258 e. The lowest BCUT2D eigenvalue weighted by Crippen LogP contribution is -2.48. The smallest absolute Gasteiger partial charge is 0.258 e. The molecule has 0 saturated carbocycles. The summed E-state index contributed by atoms with van der Waals surface area (Å²) in [6.07, 6.45) is 1.58. The second-order valence-electron chi connectivity index (χ2n) is 10.3. The van der Waals surface area contributed by atoms with Crippen LogP contribution in [0, 0.1) is 17.2 Å². The van der Waals surface area contributed by atoms with Gasteiger partial charge in [-0.15, -0.1) is 0 Å². The van der Waals surface area contributed by atoms with E-state index >= 15 is 0 Å². The molecular weight excluding hydrogens is 486 g/mol. The molecule has 1 N–H and O–H groups in total. The zero-order chi connectivity index (χ0) is 27.5. The highest BCUT2D eigenvalue weighted by Gasteiger charge is 2.35. The second-order valence-corrected chi connectivity index (χ2v) is 10.3. The molecule has 39 heavy (non-hydrogen) atoms. The summed E-state index contributed by atoms with van der Waals surface area (Å²) in [6.45, 7) is 7.09. The highest BCUT2D eigenvalue weighted by Crippen LogP contribution is 2.40. The summed E-state index contributed by atoms with van der Waals surface area (Å²) < 4.78 is 0. The number of carbonyl (C=O) groups is 2. The van der Waals surface area contributed by atoms with Crippen LogP contribution in [0.1, 0.15) is 59.8 Å². The van der Waals surface area contributed by atoms with E-state index in [1.165, 1.54) is 0 Å². The molecule has 2 heterocycles. The van der Waals surface area contributed by atoms with Crippen LogP contribution in [0.15, 0.2) is 66.7 Å². The number of piperazine rings is 1. The van der Waals surface area contributed by atoms with Crippen molar-refractivity contribution >= 4 is 28.9 Å². The van der Waals surface area contributed by atoms with E-state index in [2.05, 4.69) is 33.3 Å².